The Morgan fingerprint density at radius 2 is 2.23 bits per heavy atom. The Morgan fingerprint density at radius 1 is 1.50 bits per heavy atom. The zero-order valence-electron chi connectivity index (χ0n) is 15.0. The second-order valence-corrected chi connectivity index (χ2v) is 6.63. The Kier molecular flexibility index (Phi) is 7.54. The van der Waals surface area contributed by atoms with Crippen LogP contribution < -0.4 is 21.4 Å². The number of thiol groups is 1. The van der Waals surface area contributed by atoms with E-state index >= 15 is 0 Å². The molecule has 137 valence electrons. The number of carbonyl (C=O) groups is 2. The molecule has 1 aliphatic rings. The Balaban J connectivity index is 2.03. The molecule has 7 heteroatoms. The summed E-state index contributed by atoms with van der Waals surface area (Å²) in [6.45, 7) is 6.45. The molecule has 1 heterocycles. The molecule has 0 unspecified atom stereocenters. The van der Waals surface area contributed by atoms with E-state index in [9.17, 15) is 9.59 Å². The summed E-state index contributed by atoms with van der Waals surface area (Å²) in [4.78, 5) is 26.4. The molecular weight excluding hydrogens is 345 g/mol. The van der Waals surface area contributed by atoms with Crippen molar-refractivity contribution in [3.05, 3.63) is 46.3 Å². The van der Waals surface area contributed by atoms with Gasteiger partial charge in [0.15, 0.2) is 0 Å². The predicted octanol–water partition coefficient (Wildman–Crippen LogP) is -0.235. The van der Waals surface area contributed by atoms with Crippen molar-refractivity contribution in [2.45, 2.75) is 31.8 Å². The molecule has 0 spiro atoms. The van der Waals surface area contributed by atoms with E-state index in [4.69, 9.17) is 5.73 Å². The summed E-state index contributed by atoms with van der Waals surface area (Å²) in [6.07, 6.45) is 5.29. The normalized spacial score (nSPS) is 19.3. The van der Waals surface area contributed by atoms with Gasteiger partial charge in [0.1, 0.15) is 6.04 Å². The van der Waals surface area contributed by atoms with Crippen molar-refractivity contribution in [3.63, 3.8) is 0 Å². The fraction of sp³-hybridized carbons (Fsp3) is 0.368. The van der Waals surface area contributed by atoms with Gasteiger partial charge in [0.25, 0.3) is 7.41 Å². The minimum absolute atomic E-state index is 0.196. The molecule has 2 rings (SSSR count). The summed E-state index contributed by atoms with van der Waals surface area (Å²) >= 11 is 4.07. The lowest BCUT2D eigenvalue weighted by Gasteiger charge is -2.26. The first-order valence-electron chi connectivity index (χ1n) is 8.70. The summed E-state index contributed by atoms with van der Waals surface area (Å²) < 4.78 is 0. The first-order chi connectivity index (χ1) is 12.5. The molecule has 0 saturated carbocycles. The molecule has 1 aliphatic heterocycles. The average molecular weight is 370 g/mol. The van der Waals surface area contributed by atoms with Gasteiger partial charge in [0.05, 0.1) is 6.04 Å². The highest BCUT2D eigenvalue weighted by molar-refractivity contribution is 7.80. The van der Waals surface area contributed by atoms with Crippen LogP contribution >= 0.6 is 12.6 Å². The van der Waals surface area contributed by atoms with E-state index < -0.39 is 12.1 Å². The number of likely N-dealkylation sites (tertiary alicyclic amines) is 1. The highest BCUT2D eigenvalue weighted by atomic mass is 32.1. The van der Waals surface area contributed by atoms with Gasteiger partial charge >= 0.3 is 0 Å². The third kappa shape index (κ3) is 5.02. The molecule has 2 amide bonds. The maximum Gasteiger partial charge on any atom is 0.284 e. The minimum atomic E-state index is -0.677. The zero-order valence-corrected chi connectivity index (χ0v) is 15.9. The van der Waals surface area contributed by atoms with Gasteiger partial charge in [-0.25, -0.2) is 0 Å². The number of amides is 2. The monoisotopic (exact) mass is 370 g/mol. The van der Waals surface area contributed by atoms with Crippen LogP contribution in [0.25, 0.3) is 12.7 Å². The standard InChI is InChI=1S/C19H25BN3O2S/c1-3-15(11-14-8-5-4-7-13(14)2)20-22-18(24)17-9-6-10-23(17)19(25)16(21)12-26/h3-5,7-8,11,16-17,26H,2,6,9-10,12,21H2,1H3,(H,22,24)/b14-11-,15-3+/t16-,17+/m0/s1. The lowest BCUT2D eigenvalue weighted by molar-refractivity contribution is -0.138. The summed E-state index contributed by atoms with van der Waals surface area (Å²) in [5.41, 5.74) is 6.63. The van der Waals surface area contributed by atoms with E-state index in [2.05, 4.69) is 24.4 Å². The predicted molar refractivity (Wildman–Crippen MR) is 110 cm³/mol. The van der Waals surface area contributed by atoms with Crippen LogP contribution in [-0.4, -0.2) is 48.5 Å². The van der Waals surface area contributed by atoms with Crippen molar-refractivity contribution in [3.8, 4) is 0 Å². The average Bonchev–Trinajstić information content (AvgIpc) is 3.14. The minimum Gasteiger partial charge on any atom is -0.397 e. The Morgan fingerprint density at radius 3 is 2.88 bits per heavy atom. The molecule has 0 aromatic heterocycles. The SMILES string of the molecule is C=c1cccc/c1=C/C([B]NC(=O)[C@H]1CCCN1C(=O)[C@@H](N)CS)=C\C. The van der Waals surface area contributed by atoms with Crippen LogP contribution in [-0.2, 0) is 9.59 Å². The molecule has 5 nitrogen and oxygen atoms in total. The van der Waals surface area contributed by atoms with Crippen molar-refractivity contribution in [2.24, 2.45) is 5.73 Å². The van der Waals surface area contributed by atoms with E-state index in [0.29, 0.717) is 13.0 Å². The van der Waals surface area contributed by atoms with Crippen molar-refractivity contribution < 1.29 is 9.59 Å². The molecule has 1 radical (unpaired) electrons. The van der Waals surface area contributed by atoms with Gasteiger partial charge < -0.3 is 15.9 Å². The zero-order chi connectivity index (χ0) is 19.1. The largest absolute Gasteiger partial charge is 0.397 e. The quantitative estimate of drug-likeness (QED) is 0.478. The molecule has 2 atom stereocenters. The molecule has 1 fully saturated rings. The van der Waals surface area contributed by atoms with Gasteiger partial charge in [-0.2, -0.15) is 12.6 Å². The van der Waals surface area contributed by atoms with Gasteiger partial charge in [-0.3, -0.25) is 9.59 Å². The van der Waals surface area contributed by atoms with Crippen molar-refractivity contribution in [1.29, 1.82) is 0 Å². The fourth-order valence-corrected chi connectivity index (χ4v) is 3.06. The summed E-state index contributed by atoms with van der Waals surface area (Å²) in [5, 5.41) is 4.73. The van der Waals surface area contributed by atoms with Crippen molar-refractivity contribution >= 4 is 44.5 Å². The van der Waals surface area contributed by atoms with E-state index in [1.807, 2.05) is 43.3 Å². The van der Waals surface area contributed by atoms with Crippen LogP contribution in [0.1, 0.15) is 19.8 Å². The summed E-state index contributed by atoms with van der Waals surface area (Å²) in [6, 6.07) is 6.62. The highest BCUT2D eigenvalue weighted by Gasteiger charge is 2.35. The number of carbonyl (C=O) groups excluding carboxylic acids is 2. The molecule has 3 N–H and O–H groups in total. The Bertz CT molecular complexity index is 796. The number of hydrogen-bond acceptors (Lipinski definition) is 4. The third-order valence-corrected chi connectivity index (χ3v) is 4.84. The summed E-state index contributed by atoms with van der Waals surface area (Å²) in [7, 11) is 1.66. The van der Waals surface area contributed by atoms with E-state index in [-0.39, 0.29) is 17.6 Å². The molecule has 0 aliphatic carbocycles. The Labute approximate surface area is 160 Å². The highest BCUT2D eigenvalue weighted by Crippen LogP contribution is 2.18. The van der Waals surface area contributed by atoms with Gasteiger partial charge in [-0.1, -0.05) is 48.5 Å². The lowest BCUT2D eigenvalue weighted by atomic mass is 9.80. The molecule has 1 saturated heterocycles. The maximum absolute atomic E-state index is 12.6. The van der Waals surface area contributed by atoms with Crippen molar-refractivity contribution in [1.82, 2.24) is 10.1 Å². The second-order valence-electron chi connectivity index (χ2n) is 6.26. The first-order valence-corrected chi connectivity index (χ1v) is 9.33. The third-order valence-electron chi connectivity index (χ3n) is 4.44. The maximum atomic E-state index is 12.6. The number of rotatable bonds is 6. The molecule has 26 heavy (non-hydrogen) atoms. The number of nitrogens with two attached hydrogens (primary N) is 1. The lowest BCUT2D eigenvalue weighted by Crippen LogP contribution is -2.52. The van der Waals surface area contributed by atoms with Crippen LogP contribution in [0.4, 0.5) is 0 Å². The van der Waals surface area contributed by atoms with Crippen LogP contribution in [0.15, 0.2) is 35.8 Å². The van der Waals surface area contributed by atoms with E-state index in [1.165, 1.54) is 0 Å². The number of nitrogens with zero attached hydrogens (tertiary/aromatic N) is 1. The molecular formula is C19H25BN3O2S. The molecule has 0 bridgehead atoms. The Hall–Kier alpha value is -1.99. The van der Waals surface area contributed by atoms with Crippen LogP contribution in [0.5, 0.6) is 0 Å². The number of nitrogens with one attached hydrogen (secondary N) is 1. The van der Waals surface area contributed by atoms with Gasteiger partial charge in [-0.15, -0.1) is 0 Å². The summed E-state index contributed by atoms with van der Waals surface area (Å²) in [5.74, 6) is -0.155. The second kappa shape index (κ2) is 9.64. The number of benzene rings is 1. The fourth-order valence-electron chi connectivity index (χ4n) is 2.91. The van der Waals surface area contributed by atoms with Crippen molar-refractivity contribution in [2.75, 3.05) is 12.3 Å². The molecule has 1 aromatic carbocycles. The van der Waals surface area contributed by atoms with E-state index in [1.54, 1.807) is 12.3 Å². The van der Waals surface area contributed by atoms with E-state index in [0.717, 1.165) is 22.3 Å². The van der Waals surface area contributed by atoms with Crippen LogP contribution in [0.3, 0.4) is 0 Å². The first kappa shape index (κ1) is 20.3. The van der Waals surface area contributed by atoms with Gasteiger partial charge in [0, 0.05) is 12.3 Å². The van der Waals surface area contributed by atoms with Crippen LogP contribution in [0.2, 0.25) is 0 Å². The van der Waals surface area contributed by atoms with Gasteiger partial charge in [-0.05, 0) is 30.2 Å². The number of hydrogen-bond donors (Lipinski definition) is 3. The topological polar surface area (TPSA) is 75.4 Å². The smallest absolute Gasteiger partial charge is 0.284 e. The van der Waals surface area contributed by atoms with Gasteiger partial charge in [0.2, 0.25) is 11.8 Å². The van der Waals surface area contributed by atoms with Crippen LogP contribution in [0, 0.1) is 0 Å². The molecule has 1 aromatic rings. The number of allylic oxidation sites excluding steroid dienone is 2.